The highest BCUT2D eigenvalue weighted by molar-refractivity contribution is 5.39. The van der Waals surface area contributed by atoms with Crippen LogP contribution in [0.4, 0.5) is 14.5 Å². The summed E-state index contributed by atoms with van der Waals surface area (Å²) in [7, 11) is 0. The first-order chi connectivity index (χ1) is 10.6. The van der Waals surface area contributed by atoms with Gasteiger partial charge in [-0.05, 0) is 29.3 Å². The lowest BCUT2D eigenvalue weighted by atomic mass is 10.1. The van der Waals surface area contributed by atoms with Gasteiger partial charge < -0.3 is 10.3 Å². The van der Waals surface area contributed by atoms with E-state index in [1.165, 1.54) is 12.1 Å². The van der Waals surface area contributed by atoms with Crippen LogP contribution in [0.5, 0.6) is 0 Å². The molecular weight excluding hydrogens is 284 g/mol. The molecule has 0 aliphatic carbocycles. The number of benzene rings is 2. The van der Waals surface area contributed by atoms with E-state index in [1.54, 1.807) is 6.20 Å². The van der Waals surface area contributed by atoms with Gasteiger partial charge in [0.15, 0.2) is 0 Å². The van der Waals surface area contributed by atoms with E-state index in [0.717, 1.165) is 17.5 Å². The van der Waals surface area contributed by atoms with E-state index >= 15 is 0 Å². The van der Waals surface area contributed by atoms with E-state index in [9.17, 15) is 8.78 Å². The number of imidazole rings is 1. The molecule has 0 saturated heterocycles. The molecule has 0 fully saturated rings. The molecule has 0 aliphatic rings. The van der Waals surface area contributed by atoms with Crippen LogP contribution < -0.4 is 5.73 Å². The molecule has 0 saturated carbocycles. The molecule has 2 aromatic carbocycles. The van der Waals surface area contributed by atoms with Gasteiger partial charge in [0.25, 0.3) is 0 Å². The van der Waals surface area contributed by atoms with Crippen LogP contribution in [0, 0.1) is 11.6 Å². The molecule has 0 unspecified atom stereocenters. The van der Waals surface area contributed by atoms with Crippen LogP contribution in [-0.2, 0) is 13.0 Å². The van der Waals surface area contributed by atoms with Crippen LogP contribution >= 0.6 is 0 Å². The molecule has 3 aromatic rings. The lowest BCUT2D eigenvalue weighted by molar-refractivity contribution is 0.572. The number of halogens is 2. The second-order valence-corrected chi connectivity index (χ2v) is 5.13. The maximum absolute atomic E-state index is 13.8. The predicted octanol–water partition coefficient (Wildman–Crippen LogP) is 3.38. The Morgan fingerprint density at radius 3 is 2.55 bits per heavy atom. The molecule has 0 spiro atoms. The predicted molar refractivity (Wildman–Crippen MR) is 81.3 cm³/mol. The first kappa shape index (κ1) is 14.3. The van der Waals surface area contributed by atoms with Crippen LogP contribution in [0.3, 0.4) is 0 Å². The standard InChI is InChI=1S/C17H15F2N3/c18-14-4-3-13(16(19)10-14)9-17-21-7-8-22(17)11-12-1-5-15(20)6-2-12/h1-8,10H,9,11,20H2. The molecule has 0 atom stereocenters. The number of nitrogen functional groups attached to an aromatic ring is 1. The summed E-state index contributed by atoms with van der Waals surface area (Å²) < 4.78 is 28.6. The van der Waals surface area contributed by atoms with Crippen molar-refractivity contribution in [3.8, 4) is 0 Å². The third kappa shape index (κ3) is 3.14. The van der Waals surface area contributed by atoms with Crippen molar-refractivity contribution >= 4 is 5.69 Å². The van der Waals surface area contributed by atoms with Gasteiger partial charge in [-0.15, -0.1) is 0 Å². The maximum Gasteiger partial charge on any atom is 0.129 e. The van der Waals surface area contributed by atoms with E-state index in [0.29, 0.717) is 24.2 Å². The average molecular weight is 299 g/mol. The fourth-order valence-electron chi connectivity index (χ4n) is 2.31. The number of nitrogens with zero attached hydrogens (tertiary/aromatic N) is 2. The molecule has 112 valence electrons. The minimum Gasteiger partial charge on any atom is -0.399 e. The van der Waals surface area contributed by atoms with Crippen LogP contribution in [0.15, 0.2) is 54.9 Å². The molecule has 0 amide bonds. The lowest BCUT2D eigenvalue weighted by Crippen LogP contribution is -2.06. The Morgan fingerprint density at radius 1 is 1.05 bits per heavy atom. The summed E-state index contributed by atoms with van der Waals surface area (Å²) in [6.07, 6.45) is 3.83. The van der Waals surface area contributed by atoms with E-state index in [4.69, 9.17) is 5.73 Å². The van der Waals surface area contributed by atoms with Crippen LogP contribution in [-0.4, -0.2) is 9.55 Å². The normalized spacial score (nSPS) is 10.8. The van der Waals surface area contributed by atoms with E-state index in [2.05, 4.69) is 4.98 Å². The number of aromatic nitrogens is 2. The second kappa shape index (κ2) is 5.97. The Balaban J connectivity index is 1.81. The van der Waals surface area contributed by atoms with Crippen LogP contribution in [0.2, 0.25) is 0 Å². The van der Waals surface area contributed by atoms with Crippen LogP contribution in [0.1, 0.15) is 17.0 Å². The van der Waals surface area contributed by atoms with Gasteiger partial charge in [0.2, 0.25) is 0 Å². The van der Waals surface area contributed by atoms with E-state index in [1.807, 2.05) is 35.0 Å². The van der Waals surface area contributed by atoms with Crippen molar-refractivity contribution in [2.75, 3.05) is 5.73 Å². The minimum atomic E-state index is -0.577. The summed E-state index contributed by atoms with van der Waals surface area (Å²) in [5, 5.41) is 0. The smallest absolute Gasteiger partial charge is 0.129 e. The van der Waals surface area contributed by atoms with Gasteiger partial charge in [-0.3, -0.25) is 0 Å². The van der Waals surface area contributed by atoms with Gasteiger partial charge in [-0.2, -0.15) is 0 Å². The first-order valence-corrected chi connectivity index (χ1v) is 6.90. The van der Waals surface area contributed by atoms with Gasteiger partial charge in [0.05, 0.1) is 0 Å². The molecule has 0 bridgehead atoms. The molecule has 3 rings (SSSR count). The van der Waals surface area contributed by atoms with Crippen molar-refractivity contribution in [1.29, 1.82) is 0 Å². The van der Waals surface area contributed by atoms with Gasteiger partial charge in [-0.25, -0.2) is 13.8 Å². The first-order valence-electron chi connectivity index (χ1n) is 6.90. The molecule has 3 nitrogen and oxygen atoms in total. The molecule has 22 heavy (non-hydrogen) atoms. The number of nitrogens with two attached hydrogens (primary N) is 1. The Bertz CT molecular complexity index is 779. The summed E-state index contributed by atoms with van der Waals surface area (Å²) in [5.74, 6) is -0.407. The number of rotatable bonds is 4. The maximum atomic E-state index is 13.8. The van der Waals surface area contributed by atoms with Gasteiger partial charge in [-0.1, -0.05) is 18.2 Å². The zero-order valence-electron chi connectivity index (χ0n) is 11.8. The zero-order valence-corrected chi connectivity index (χ0v) is 11.8. The summed E-state index contributed by atoms with van der Waals surface area (Å²) in [5.41, 5.74) is 7.88. The van der Waals surface area contributed by atoms with Crippen molar-refractivity contribution in [1.82, 2.24) is 9.55 Å². The number of hydrogen-bond acceptors (Lipinski definition) is 2. The topological polar surface area (TPSA) is 43.8 Å². The molecule has 2 N–H and O–H groups in total. The fraction of sp³-hybridized carbons (Fsp3) is 0.118. The van der Waals surface area contributed by atoms with E-state index < -0.39 is 11.6 Å². The van der Waals surface area contributed by atoms with Crippen molar-refractivity contribution < 1.29 is 8.78 Å². The number of anilines is 1. The van der Waals surface area contributed by atoms with Crippen molar-refractivity contribution in [3.63, 3.8) is 0 Å². The molecule has 1 aromatic heterocycles. The third-order valence-corrected chi connectivity index (χ3v) is 3.50. The summed E-state index contributed by atoms with van der Waals surface area (Å²) >= 11 is 0. The highest BCUT2D eigenvalue weighted by atomic mass is 19.1. The van der Waals surface area contributed by atoms with Crippen LogP contribution in [0.25, 0.3) is 0 Å². The Hall–Kier alpha value is -2.69. The minimum absolute atomic E-state index is 0.314. The largest absolute Gasteiger partial charge is 0.399 e. The molecule has 0 radical (unpaired) electrons. The Kier molecular flexibility index (Phi) is 3.87. The molecular formula is C17H15F2N3. The monoisotopic (exact) mass is 299 g/mol. The highest BCUT2D eigenvalue weighted by Crippen LogP contribution is 2.15. The molecule has 5 heteroatoms. The SMILES string of the molecule is Nc1ccc(Cn2ccnc2Cc2ccc(F)cc2F)cc1. The fourth-order valence-corrected chi connectivity index (χ4v) is 2.31. The molecule has 1 heterocycles. The van der Waals surface area contributed by atoms with Crippen molar-refractivity contribution in [2.24, 2.45) is 0 Å². The van der Waals surface area contributed by atoms with Gasteiger partial charge in [0, 0.05) is 37.1 Å². The van der Waals surface area contributed by atoms with Gasteiger partial charge >= 0.3 is 0 Å². The second-order valence-electron chi connectivity index (χ2n) is 5.13. The number of hydrogen-bond donors (Lipinski definition) is 1. The lowest BCUT2D eigenvalue weighted by Gasteiger charge is -2.09. The summed E-state index contributed by atoms with van der Waals surface area (Å²) in [4.78, 5) is 4.27. The quantitative estimate of drug-likeness (QED) is 0.751. The molecule has 0 aliphatic heterocycles. The average Bonchev–Trinajstić information content (AvgIpc) is 2.91. The van der Waals surface area contributed by atoms with Crippen molar-refractivity contribution in [3.05, 3.63) is 83.4 Å². The Labute approximate surface area is 127 Å². The van der Waals surface area contributed by atoms with Gasteiger partial charge in [0.1, 0.15) is 17.5 Å². The van der Waals surface area contributed by atoms with Crippen molar-refractivity contribution in [2.45, 2.75) is 13.0 Å². The third-order valence-electron chi connectivity index (χ3n) is 3.50. The van der Waals surface area contributed by atoms with E-state index in [-0.39, 0.29) is 0 Å². The Morgan fingerprint density at radius 2 is 1.82 bits per heavy atom. The zero-order chi connectivity index (χ0) is 15.5. The summed E-state index contributed by atoms with van der Waals surface area (Å²) in [6.45, 7) is 0.623. The highest BCUT2D eigenvalue weighted by Gasteiger charge is 2.09. The summed E-state index contributed by atoms with van der Waals surface area (Å²) in [6, 6.07) is 11.2.